The van der Waals surface area contributed by atoms with E-state index in [0.29, 0.717) is 6.61 Å². The topological polar surface area (TPSA) is 41.6 Å². The molecule has 1 aliphatic heterocycles. The molecule has 1 saturated heterocycles. The van der Waals surface area contributed by atoms with E-state index in [0.717, 1.165) is 31.5 Å². The highest BCUT2D eigenvalue weighted by Crippen LogP contribution is 2.10. The van der Waals surface area contributed by atoms with Crippen molar-refractivity contribution >= 4 is 18.5 Å². The molecule has 2 rings (SSSR count). The maximum absolute atomic E-state index is 11.9. The summed E-state index contributed by atoms with van der Waals surface area (Å²) in [5.74, 6) is 0. The second kappa shape index (κ2) is 8.02. The third-order valence-corrected chi connectivity index (χ3v) is 3.31. The molecule has 0 aromatic heterocycles. The van der Waals surface area contributed by atoms with E-state index in [1.165, 1.54) is 0 Å². The molecular weight excluding hydrogens is 264 g/mol. The number of benzene rings is 1. The first-order valence-corrected chi connectivity index (χ1v) is 6.41. The van der Waals surface area contributed by atoms with Gasteiger partial charge in [0.15, 0.2) is 0 Å². The van der Waals surface area contributed by atoms with Gasteiger partial charge >= 0.3 is 6.09 Å². The van der Waals surface area contributed by atoms with Gasteiger partial charge in [0.2, 0.25) is 0 Å². The predicted octanol–water partition coefficient (Wildman–Crippen LogP) is 2.43. The fourth-order valence-electron chi connectivity index (χ4n) is 2.13. The predicted molar refractivity (Wildman–Crippen MR) is 77.5 cm³/mol. The molecule has 19 heavy (non-hydrogen) atoms. The van der Waals surface area contributed by atoms with Crippen molar-refractivity contribution in [2.75, 3.05) is 20.1 Å². The van der Waals surface area contributed by atoms with Crippen LogP contribution in [0.25, 0.3) is 0 Å². The van der Waals surface area contributed by atoms with Gasteiger partial charge in [-0.25, -0.2) is 4.79 Å². The second-order valence-electron chi connectivity index (χ2n) is 4.65. The van der Waals surface area contributed by atoms with Crippen LogP contribution in [0.5, 0.6) is 0 Å². The normalized spacial score (nSPS) is 18.3. The van der Waals surface area contributed by atoms with Gasteiger partial charge in [-0.05, 0) is 24.9 Å². The number of hydrogen-bond donors (Lipinski definition) is 1. The molecule has 1 atom stereocenters. The number of ether oxygens (including phenoxy) is 1. The van der Waals surface area contributed by atoms with Crippen molar-refractivity contribution in [1.29, 1.82) is 0 Å². The molecule has 0 spiro atoms. The first-order chi connectivity index (χ1) is 8.77. The van der Waals surface area contributed by atoms with Gasteiger partial charge < -0.3 is 15.0 Å². The molecule has 1 amide bonds. The van der Waals surface area contributed by atoms with Crippen LogP contribution in [-0.2, 0) is 11.3 Å². The van der Waals surface area contributed by atoms with Crippen LogP contribution in [0.2, 0.25) is 0 Å². The molecule has 106 valence electrons. The SMILES string of the molecule is CN(C(=O)OCc1ccccc1)C1CCCNC1.Cl. The highest BCUT2D eigenvalue weighted by molar-refractivity contribution is 5.85. The van der Waals surface area contributed by atoms with Crippen molar-refractivity contribution in [1.82, 2.24) is 10.2 Å². The molecule has 0 aliphatic carbocycles. The summed E-state index contributed by atoms with van der Waals surface area (Å²) in [4.78, 5) is 13.6. The number of piperidine rings is 1. The average Bonchev–Trinajstić information content (AvgIpc) is 2.46. The lowest BCUT2D eigenvalue weighted by molar-refractivity contribution is 0.0860. The van der Waals surface area contributed by atoms with Crippen LogP contribution in [0.4, 0.5) is 4.79 Å². The first-order valence-electron chi connectivity index (χ1n) is 6.41. The monoisotopic (exact) mass is 284 g/mol. The van der Waals surface area contributed by atoms with E-state index in [1.807, 2.05) is 37.4 Å². The molecule has 0 saturated carbocycles. The van der Waals surface area contributed by atoms with Gasteiger partial charge in [-0.15, -0.1) is 12.4 Å². The Morgan fingerprint density at radius 1 is 1.42 bits per heavy atom. The smallest absolute Gasteiger partial charge is 0.410 e. The lowest BCUT2D eigenvalue weighted by Gasteiger charge is -2.30. The Bertz CT molecular complexity index is 380. The summed E-state index contributed by atoms with van der Waals surface area (Å²) < 4.78 is 5.30. The third kappa shape index (κ3) is 4.73. The van der Waals surface area contributed by atoms with Crippen LogP contribution in [0.1, 0.15) is 18.4 Å². The summed E-state index contributed by atoms with van der Waals surface area (Å²) in [5.41, 5.74) is 1.01. The van der Waals surface area contributed by atoms with Crippen molar-refractivity contribution in [2.45, 2.75) is 25.5 Å². The van der Waals surface area contributed by atoms with E-state index in [9.17, 15) is 4.79 Å². The standard InChI is InChI=1S/C14H20N2O2.ClH/c1-16(13-8-5-9-15-10-13)14(17)18-11-12-6-3-2-4-7-12;/h2-4,6-7,13,15H,5,8-11H2,1H3;1H. The molecule has 0 radical (unpaired) electrons. The van der Waals surface area contributed by atoms with Gasteiger partial charge in [0.05, 0.1) is 0 Å². The van der Waals surface area contributed by atoms with E-state index >= 15 is 0 Å². The van der Waals surface area contributed by atoms with Crippen molar-refractivity contribution in [3.8, 4) is 0 Å². The summed E-state index contributed by atoms with van der Waals surface area (Å²) in [7, 11) is 1.81. The number of amides is 1. The zero-order valence-corrected chi connectivity index (χ0v) is 12.0. The van der Waals surface area contributed by atoms with Crippen LogP contribution in [0.15, 0.2) is 30.3 Å². The minimum Gasteiger partial charge on any atom is -0.445 e. The third-order valence-electron chi connectivity index (χ3n) is 3.31. The van der Waals surface area contributed by atoms with Crippen molar-refractivity contribution in [2.24, 2.45) is 0 Å². The van der Waals surface area contributed by atoms with Crippen molar-refractivity contribution in [3.05, 3.63) is 35.9 Å². The van der Waals surface area contributed by atoms with Crippen LogP contribution in [0.3, 0.4) is 0 Å². The zero-order valence-electron chi connectivity index (χ0n) is 11.2. The van der Waals surface area contributed by atoms with E-state index in [-0.39, 0.29) is 24.5 Å². The highest BCUT2D eigenvalue weighted by Gasteiger charge is 2.22. The zero-order chi connectivity index (χ0) is 12.8. The molecule has 5 heteroatoms. The number of carbonyl (C=O) groups is 1. The summed E-state index contributed by atoms with van der Waals surface area (Å²) in [5, 5.41) is 3.29. The molecule has 4 nitrogen and oxygen atoms in total. The van der Waals surface area contributed by atoms with Crippen LogP contribution < -0.4 is 5.32 Å². The minimum atomic E-state index is -0.243. The van der Waals surface area contributed by atoms with E-state index in [1.54, 1.807) is 4.90 Å². The number of hydrogen-bond acceptors (Lipinski definition) is 3. The lowest BCUT2D eigenvalue weighted by atomic mass is 10.1. The molecule has 1 aromatic carbocycles. The Labute approximate surface area is 120 Å². The Balaban J connectivity index is 0.00000180. The van der Waals surface area contributed by atoms with E-state index < -0.39 is 0 Å². The van der Waals surface area contributed by atoms with Crippen LogP contribution in [0, 0.1) is 0 Å². The Hall–Kier alpha value is -1.26. The molecule has 1 aliphatic rings. The fraction of sp³-hybridized carbons (Fsp3) is 0.500. The van der Waals surface area contributed by atoms with Gasteiger partial charge in [-0.2, -0.15) is 0 Å². The molecule has 1 aromatic rings. The van der Waals surface area contributed by atoms with Crippen molar-refractivity contribution < 1.29 is 9.53 Å². The summed E-state index contributed by atoms with van der Waals surface area (Å²) in [6, 6.07) is 9.99. The van der Waals surface area contributed by atoms with Crippen LogP contribution in [-0.4, -0.2) is 37.2 Å². The molecule has 1 unspecified atom stereocenters. The fourth-order valence-corrected chi connectivity index (χ4v) is 2.13. The molecule has 1 heterocycles. The van der Waals surface area contributed by atoms with Crippen molar-refractivity contribution in [3.63, 3.8) is 0 Å². The summed E-state index contributed by atoms with van der Waals surface area (Å²) in [6.45, 7) is 2.24. The molecular formula is C14H21ClN2O2. The van der Waals surface area contributed by atoms with E-state index in [2.05, 4.69) is 5.32 Å². The summed E-state index contributed by atoms with van der Waals surface area (Å²) >= 11 is 0. The number of rotatable bonds is 3. The number of nitrogens with zero attached hydrogens (tertiary/aromatic N) is 1. The number of carbonyl (C=O) groups excluding carboxylic acids is 1. The minimum absolute atomic E-state index is 0. The molecule has 1 fully saturated rings. The molecule has 1 N–H and O–H groups in total. The largest absolute Gasteiger partial charge is 0.445 e. The van der Waals surface area contributed by atoms with E-state index in [4.69, 9.17) is 4.74 Å². The van der Waals surface area contributed by atoms with Gasteiger partial charge in [-0.3, -0.25) is 0 Å². The molecule has 0 bridgehead atoms. The van der Waals surface area contributed by atoms with Gasteiger partial charge in [0.25, 0.3) is 0 Å². The lowest BCUT2D eigenvalue weighted by Crippen LogP contribution is -2.46. The maximum Gasteiger partial charge on any atom is 0.410 e. The Morgan fingerprint density at radius 2 is 2.16 bits per heavy atom. The second-order valence-corrected chi connectivity index (χ2v) is 4.65. The highest BCUT2D eigenvalue weighted by atomic mass is 35.5. The Morgan fingerprint density at radius 3 is 2.79 bits per heavy atom. The Kier molecular flexibility index (Phi) is 6.67. The number of likely N-dealkylation sites (N-methyl/N-ethyl adjacent to an activating group) is 1. The van der Waals surface area contributed by atoms with Crippen LogP contribution >= 0.6 is 12.4 Å². The number of nitrogens with one attached hydrogen (secondary N) is 1. The number of halogens is 1. The van der Waals surface area contributed by atoms with Gasteiger partial charge in [0, 0.05) is 19.6 Å². The average molecular weight is 285 g/mol. The first kappa shape index (κ1) is 15.8. The quantitative estimate of drug-likeness (QED) is 0.927. The van der Waals surface area contributed by atoms with Gasteiger partial charge in [-0.1, -0.05) is 30.3 Å². The summed E-state index contributed by atoms with van der Waals surface area (Å²) in [6.07, 6.45) is 1.91. The van der Waals surface area contributed by atoms with Gasteiger partial charge in [0.1, 0.15) is 6.61 Å². The maximum atomic E-state index is 11.9.